The van der Waals surface area contributed by atoms with Gasteiger partial charge in [0.2, 0.25) is 0 Å². The fourth-order valence-corrected chi connectivity index (χ4v) is 2.01. The molecule has 0 spiro atoms. The normalized spacial score (nSPS) is 12.7. The minimum absolute atomic E-state index is 0.205. The van der Waals surface area contributed by atoms with Gasteiger partial charge in [0.25, 0.3) is 0 Å². The molecule has 0 amide bonds. The molecule has 1 atom stereocenters. The summed E-state index contributed by atoms with van der Waals surface area (Å²) in [5.41, 5.74) is 7.05. The molecular formula is C11H10BrClN2O. The highest BCUT2D eigenvalue weighted by Gasteiger charge is 2.11. The van der Waals surface area contributed by atoms with Gasteiger partial charge in [-0.15, -0.1) is 0 Å². The van der Waals surface area contributed by atoms with Crippen molar-refractivity contribution in [2.45, 2.75) is 12.5 Å². The lowest BCUT2D eigenvalue weighted by atomic mass is 10.1. The van der Waals surface area contributed by atoms with Gasteiger partial charge >= 0.3 is 0 Å². The van der Waals surface area contributed by atoms with Gasteiger partial charge in [-0.2, -0.15) is 0 Å². The zero-order chi connectivity index (χ0) is 11.5. The topological polar surface area (TPSA) is 52.0 Å². The van der Waals surface area contributed by atoms with E-state index in [9.17, 15) is 0 Å². The number of nitrogens with two attached hydrogens (primary N) is 1. The Kier molecular flexibility index (Phi) is 3.63. The number of nitrogens with zero attached hydrogens (tertiary/aromatic N) is 1. The van der Waals surface area contributed by atoms with Crippen LogP contribution in [0.4, 0.5) is 0 Å². The fourth-order valence-electron chi connectivity index (χ4n) is 1.45. The molecule has 0 saturated heterocycles. The minimum atomic E-state index is -0.205. The van der Waals surface area contributed by atoms with Crippen molar-refractivity contribution in [1.29, 1.82) is 0 Å². The lowest BCUT2D eigenvalue weighted by Gasteiger charge is -2.08. The molecule has 0 aliphatic heterocycles. The number of halogens is 2. The number of rotatable bonds is 3. The van der Waals surface area contributed by atoms with E-state index in [1.807, 2.05) is 6.07 Å². The Labute approximate surface area is 107 Å². The molecule has 0 saturated carbocycles. The van der Waals surface area contributed by atoms with Crippen LogP contribution in [0.3, 0.4) is 0 Å². The van der Waals surface area contributed by atoms with Gasteiger partial charge in [-0.1, -0.05) is 0 Å². The number of aromatic nitrogens is 1. The zero-order valence-corrected chi connectivity index (χ0v) is 10.7. The first-order valence-electron chi connectivity index (χ1n) is 4.75. The van der Waals surface area contributed by atoms with Gasteiger partial charge in [-0.25, -0.2) is 0 Å². The van der Waals surface area contributed by atoms with Crippen molar-refractivity contribution in [2.75, 3.05) is 0 Å². The van der Waals surface area contributed by atoms with Crippen LogP contribution in [0.5, 0.6) is 0 Å². The first kappa shape index (κ1) is 11.6. The quantitative estimate of drug-likeness (QED) is 0.946. The summed E-state index contributed by atoms with van der Waals surface area (Å²) in [7, 11) is 0. The molecule has 0 radical (unpaired) electrons. The molecule has 0 aromatic carbocycles. The number of furan rings is 1. The number of hydrogen-bond acceptors (Lipinski definition) is 3. The maximum absolute atomic E-state index is 5.99. The molecule has 3 nitrogen and oxygen atoms in total. The Morgan fingerprint density at radius 2 is 2.25 bits per heavy atom. The molecule has 2 aromatic rings. The third-order valence-corrected chi connectivity index (χ3v) is 2.81. The third-order valence-electron chi connectivity index (χ3n) is 2.18. The van der Waals surface area contributed by atoms with Crippen LogP contribution in [0.2, 0.25) is 5.22 Å². The summed E-state index contributed by atoms with van der Waals surface area (Å²) < 4.78 is 6.20. The van der Waals surface area contributed by atoms with E-state index in [1.54, 1.807) is 24.5 Å². The average molecular weight is 302 g/mol. The predicted molar refractivity (Wildman–Crippen MR) is 66.3 cm³/mol. The lowest BCUT2D eigenvalue weighted by molar-refractivity contribution is 0.466. The van der Waals surface area contributed by atoms with Crippen LogP contribution in [0.1, 0.15) is 17.4 Å². The monoisotopic (exact) mass is 300 g/mol. The Morgan fingerprint density at radius 3 is 2.88 bits per heavy atom. The van der Waals surface area contributed by atoms with Gasteiger partial charge in [0, 0.05) is 16.9 Å². The molecule has 1 unspecified atom stereocenters. The van der Waals surface area contributed by atoms with E-state index in [-0.39, 0.29) is 6.04 Å². The van der Waals surface area contributed by atoms with E-state index >= 15 is 0 Å². The lowest BCUT2D eigenvalue weighted by Crippen LogP contribution is -2.12. The predicted octanol–water partition coefficient (Wildman–Crippen LogP) is 3.33. The SMILES string of the molecule is NC(Cc1cncc(Br)c1)c1ccc(Cl)o1. The van der Waals surface area contributed by atoms with Gasteiger partial charge < -0.3 is 10.2 Å². The van der Waals surface area contributed by atoms with E-state index in [1.165, 1.54) is 0 Å². The van der Waals surface area contributed by atoms with Crippen molar-refractivity contribution >= 4 is 27.5 Å². The molecular weight excluding hydrogens is 291 g/mol. The number of pyridine rings is 1. The van der Waals surface area contributed by atoms with Crippen LogP contribution in [0.15, 0.2) is 39.5 Å². The highest BCUT2D eigenvalue weighted by atomic mass is 79.9. The molecule has 2 N–H and O–H groups in total. The molecule has 2 rings (SSSR count). The van der Waals surface area contributed by atoms with Crippen molar-refractivity contribution in [3.63, 3.8) is 0 Å². The second kappa shape index (κ2) is 4.99. The summed E-state index contributed by atoms with van der Waals surface area (Å²) in [5, 5.41) is 0.359. The molecule has 16 heavy (non-hydrogen) atoms. The second-order valence-electron chi connectivity index (χ2n) is 3.46. The van der Waals surface area contributed by atoms with Crippen molar-refractivity contribution in [3.8, 4) is 0 Å². The summed E-state index contributed by atoms with van der Waals surface area (Å²) >= 11 is 9.06. The molecule has 0 bridgehead atoms. The van der Waals surface area contributed by atoms with E-state index in [4.69, 9.17) is 21.8 Å². The van der Waals surface area contributed by atoms with E-state index in [0.29, 0.717) is 17.4 Å². The molecule has 2 heterocycles. The van der Waals surface area contributed by atoms with Crippen LogP contribution >= 0.6 is 27.5 Å². The van der Waals surface area contributed by atoms with E-state index < -0.39 is 0 Å². The first-order valence-corrected chi connectivity index (χ1v) is 5.92. The van der Waals surface area contributed by atoms with E-state index in [2.05, 4.69) is 20.9 Å². The summed E-state index contributed by atoms with van der Waals surface area (Å²) in [6.45, 7) is 0. The van der Waals surface area contributed by atoms with Crippen molar-refractivity contribution in [1.82, 2.24) is 4.98 Å². The molecule has 84 valence electrons. The summed E-state index contributed by atoms with van der Waals surface area (Å²) in [4.78, 5) is 4.08. The van der Waals surface area contributed by atoms with Crippen LogP contribution in [0, 0.1) is 0 Å². The second-order valence-corrected chi connectivity index (χ2v) is 4.75. The molecule has 0 aliphatic carbocycles. The van der Waals surface area contributed by atoms with Crippen LogP contribution in [-0.2, 0) is 6.42 Å². The smallest absolute Gasteiger partial charge is 0.193 e. The Morgan fingerprint density at radius 1 is 1.44 bits per heavy atom. The fraction of sp³-hybridized carbons (Fsp3) is 0.182. The Hall–Kier alpha value is -0.840. The largest absolute Gasteiger partial charge is 0.448 e. The summed E-state index contributed by atoms with van der Waals surface area (Å²) in [5.74, 6) is 0.685. The molecule has 5 heteroatoms. The zero-order valence-electron chi connectivity index (χ0n) is 8.36. The number of hydrogen-bond donors (Lipinski definition) is 1. The maximum Gasteiger partial charge on any atom is 0.193 e. The van der Waals surface area contributed by atoms with E-state index in [0.717, 1.165) is 10.0 Å². The van der Waals surface area contributed by atoms with Crippen molar-refractivity contribution in [3.05, 3.63) is 51.6 Å². The van der Waals surface area contributed by atoms with Crippen LogP contribution in [-0.4, -0.2) is 4.98 Å². The van der Waals surface area contributed by atoms with Crippen molar-refractivity contribution in [2.24, 2.45) is 5.73 Å². The summed E-state index contributed by atoms with van der Waals surface area (Å²) in [6, 6.07) is 5.26. The highest BCUT2D eigenvalue weighted by molar-refractivity contribution is 9.10. The Balaban J connectivity index is 2.10. The third kappa shape index (κ3) is 2.84. The standard InChI is InChI=1S/C11H10BrClN2O/c12-8-3-7(5-15-6-8)4-9(14)10-1-2-11(13)16-10/h1-3,5-6,9H,4,14H2. The van der Waals surface area contributed by atoms with Crippen LogP contribution < -0.4 is 5.73 Å². The average Bonchev–Trinajstić information content (AvgIpc) is 2.65. The van der Waals surface area contributed by atoms with Gasteiger partial charge in [-0.3, -0.25) is 4.98 Å². The minimum Gasteiger partial charge on any atom is -0.448 e. The van der Waals surface area contributed by atoms with Gasteiger partial charge in [0.15, 0.2) is 5.22 Å². The Bertz CT molecular complexity index is 486. The summed E-state index contributed by atoms with van der Waals surface area (Å²) in [6.07, 6.45) is 4.18. The van der Waals surface area contributed by atoms with Gasteiger partial charge in [-0.05, 0) is 57.7 Å². The molecule has 0 aliphatic rings. The van der Waals surface area contributed by atoms with Gasteiger partial charge in [0.05, 0.1) is 6.04 Å². The van der Waals surface area contributed by atoms with Crippen LogP contribution in [0.25, 0.3) is 0 Å². The van der Waals surface area contributed by atoms with Gasteiger partial charge in [0.1, 0.15) is 5.76 Å². The maximum atomic E-state index is 5.99. The molecule has 2 aromatic heterocycles. The highest BCUT2D eigenvalue weighted by Crippen LogP contribution is 2.22. The first-order chi connectivity index (χ1) is 7.65. The molecule has 0 fully saturated rings. The van der Waals surface area contributed by atoms with Crippen molar-refractivity contribution < 1.29 is 4.42 Å².